The van der Waals surface area contributed by atoms with Gasteiger partial charge < -0.3 is 15.2 Å². The van der Waals surface area contributed by atoms with Crippen LogP contribution in [0.15, 0.2) is 84.9 Å². The van der Waals surface area contributed by atoms with E-state index in [0.29, 0.717) is 11.3 Å². The van der Waals surface area contributed by atoms with E-state index in [9.17, 15) is 9.90 Å². The van der Waals surface area contributed by atoms with Gasteiger partial charge in [-0.15, -0.1) is 0 Å². The first-order valence-corrected chi connectivity index (χ1v) is 9.71. The van der Waals surface area contributed by atoms with Crippen molar-refractivity contribution in [2.75, 3.05) is 13.7 Å². The van der Waals surface area contributed by atoms with E-state index in [0.717, 1.165) is 27.8 Å². The van der Waals surface area contributed by atoms with Gasteiger partial charge in [-0.2, -0.15) is 0 Å². The zero-order valence-corrected chi connectivity index (χ0v) is 16.6. The summed E-state index contributed by atoms with van der Waals surface area (Å²) in [5.41, 5.74) is 3.60. The number of aliphatic hydroxyl groups is 1. The average molecular weight is 398 g/mol. The third-order valence-electron chi connectivity index (χ3n) is 4.99. The van der Waals surface area contributed by atoms with Crippen molar-refractivity contribution in [2.24, 2.45) is 0 Å². The summed E-state index contributed by atoms with van der Waals surface area (Å²) >= 11 is 0. The van der Waals surface area contributed by atoms with Gasteiger partial charge in [0.05, 0.1) is 30.0 Å². The maximum Gasteiger partial charge on any atom is 0.252 e. The molecule has 4 rings (SSSR count). The second-order valence-electron chi connectivity index (χ2n) is 6.94. The van der Waals surface area contributed by atoms with Crippen molar-refractivity contribution in [3.8, 4) is 17.0 Å². The highest BCUT2D eigenvalue weighted by Gasteiger charge is 2.16. The van der Waals surface area contributed by atoms with E-state index in [2.05, 4.69) is 5.32 Å². The number of carbonyl (C=O) groups is 1. The lowest BCUT2D eigenvalue weighted by molar-refractivity contribution is 0.0918. The molecule has 1 heterocycles. The number of para-hydroxylation sites is 1. The number of methoxy groups -OCH3 is 1. The topological polar surface area (TPSA) is 71.5 Å². The van der Waals surface area contributed by atoms with Gasteiger partial charge in [-0.25, -0.2) is 4.98 Å². The molecule has 0 aliphatic carbocycles. The Balaban J connectivity index is 1.64. The minimum Gasteiger partial charge on any atom is -0.497 e. The third-order valence-corrected chi connectivity index (χ3v) is 4.99. The normalized spacial score (nSPS) is 11.8. The molecular formula is C25H22N2O3. The number of pyridine rings is 1. The van der Waals surface area contributed by atoms with E-state index in [4.69, 9.17) is 9.72 Å². The van der Waals surface area contributed by atoms with Gasteiger partial charge in [0, 0.05) is 17.5 Å². The molecule has 0 fully saturated rings. The Hall–Kier alpha value is -3.70. The van der Waals surface area contributed by atoms with Gasteiger partial charge in [0.2, 0.25) is 0 Å². The van der Waals surface area contributed by atoms with Gasteiger partial charge in [0.15, 0.2) is 0 Å². The number of aliphatic hydroxyl groups excluding tert-OH is 1. The van der Waals surface area contributed by atoms with Crippen LogP contribution in [-0.2, 0) is 0 Å². The fourth-order valence-electron chi connectivity index (χ4n) is 3.35. The first kappa shape index (κ1) is 19.6. The largest absolute Gasteiger partial charge is 0.497 e. The first-order valence-electron chi connectivity index (χ1n) is 9.71. The number of ether oxygens (including phenoxy) is 1. The predicted molar refractivity (Wildman–Crippen MR) is 117 cm³/mol. The van der Waals surface area contributed by atoms with Crippen molar-refractivity contribution < 1.29 is 14.6 Å². The van der Waals surface area contributed by atoms with E-state index in [1.807, 2.05) is 78.9 Å². The van der Waals surface area contributed by atoms with Gasteiger partial charge in [0.25, 0.3) is 5.91 Å². The molecule has 4 aromatic rings. The summed E-state index contributed by atoms with van der Waals surface area (Å²) in [6.07, 6.45) is -0.774. The molecule has 2 N–H and O–H groups in total. The Kier molecular flexibility index (Phi) is 5.72. The number of hydrogen-bond acceptors (Lipinski definition) is 4. The number of nitrogens with zero attached hydrogens (tertiary/aromatic N) is 1. The Labute approximate surface area is 175 Å². The van der Waals surface area contributed by atoms with Crippen molar-refractivity contribution in [3.05, 3.63) is 96.1 Å². The van der Waals surface area contributed by atoms with Crippen molar-refractivity contribution in [1.82, 2.24) is 10.3 Å². The van der Waals surface area contributed by atoms with Crippen LogP contribution in [0.25, 0.3) is 22.2 Å². The lowest BCUT2D eigenvalue weighted by Crippen LogP contribution is -2.28. The molecule has 5 heteroatoms. The smallest absolute Gasteiger partial charge is 0.252 e. The van der Waals surface area contributed by atoms with Crippen LogP contribution in [0.2, 0.25) is 0 Å². The molecule has 0 bridgehead atoms. The molecule has 0 saturated heterocycles. The molecule has 150 valence electrons. The summed E-state index contributed by atoms with van der Waals surface area (Å²) in [4.78, 5) is 17.7. The Morgan fingerprint density at radius 3 is 2.43 bits per heavy atom. The van der Waals surface area contributed by atoms with Crippen molar-refractivity contribution in [1.29, 1.82) is 0 Å². The third kappa shape index (κ3) is 4.16. The molecule has 1 atom stereocenters. The van der Waals surface area contributed by atoms with Gasteiger partial charge in [-0.3, -0.25) is 4.79 Å². The number of fused-ring (bicyclic) bond motifs is 1. The van der Waals surface area contributed by atoms with Crippen LogP contribution in [0.3, 0.4) is 0 Å². The van der Waals surface area contributed by atoms with Crippen LogP contribution in [0.1, 0.15) is 22.0 Å². The summed E-state index contributed by atoms with van der Waals surface area (Å²) < 4.78 is 5.22. The van der Waals surface area contributed by atoms with Gasteiger partial charge in [-0.1, -0.05) is 48.5 Å². The van der Waals surface area contributed by atoms with Crippen LogP contribution in [0.4, 0.5) is 0 Å². The summed E-state index contributed by atoms with van der Waals surface area (Å²) in [5.74, 6) is 0.505. The fourth-order valence-corrected chi connectivity index (χ4v) is 3.35. The number of aromatic nitrogens is 1. The minimum atomic E-state index is -0.774. The van der Waals surface area contributed by atoms with E-state index in [-0.39, 0.29) is 12.5 Å². The maximum absolute atomic E-state index is 13.0. The molecular weight excluding hydrogens is 376 g/mol. The quantitative estimate of drug-likeness (QED) is 0.506. The molecule has 0 unspecified atom stereocenters. The van der Waals surface area contributed by atoms with Crippen molar-refractivity contribution >= 4 is 16.8 Å². The highest BCUT2D eigenvalue weighted by Crippen LogP contribution is 2.26. The molecule has 0 aliphatic heterocycles. The van der Waals surface area contributed by atoms with Crippen molar-refractivity contribution in [2.45, 2.75) is 6.10 Å². The number of amides is 1. The molecule has 1 amide bonds. The van der Waals surface area contributed by atoms with Crippen LogP contribution in [0.5, 0.6) is 5.75 Å². The second-order valence-corrected chi connectivity index (χ2v) is 6.94. The highest BCUT2D eigenvalue weighted by atomic mass is 16.5. The Morgan fingerprint density at radius 1 is 1.00 bits per heavy atom. The molecule has 30 heavy (non-hydrogen) atoms. The van der Waals surface area contributed by atoms with Gasteiger partial charge in [-0.05, 0) is 42.0 Å². The summed E-state index contributed by atoms with van der Waals surface area (Å²) in [7, 11) is 1.62. The SMILES string of the molecule is COc1ccc(-c2cc(C(=O)NC[C@@H](O)c3ccccc3)c3ccccc3n2)cc1. The predicted octanol–water partition coefficient (Wildman–Crippen LogP) is 4.37. The Bertz CT molecular complexity index is 1160. The van der Waals surface area contributed by atoms with E-state index in [1.165, 1.54) is 0 Å². The summed E-state index contributed by atoms with van der Waals surface area (Å²) in [6.45, 7) is 0.122. The summed E-state index contributed by atoms with van der Waals surface area (Å²) in [6, 6.07) is 26.2. The van der Waals surface area contributed by atoms with Crippen LogP contribution >= 0.6 is 0 Å². The zero-order chi connectivity index (χ0) is 20.9. The van der Waals surface area contributed by atoms with Crippen molar-refractivity contribution in [3.63, 3.8) is 0 Å². The number of nitrogens with one attached hydrogen (secondary N) is 1. The molecule has 0 aliphatic rings. The van der Waals surface area contributed by atoms with E-state index < -0.39 is 6.10 Å². The van der Waals surface area contributed by atoms with Crippen LogP contribution < -0.4 is 10.1 Å². The lowest BCUT2D eigenvalue weighted by Gasteiger charge is -2.14. The fraction of sp³-hybridized carbons (Fsp3) is 0.120. The molecule has 5 nitrogen and oxygen atoms in total. The van der Waals surface area contributed by atoms with Gasteiger partial charge in [0.1, 0.15) is 5.75 Å². The van der Waals surface area contributed by atoms with Gasteiger partial charge >= 0.3 is 0 Å². The number of carbonyl (C=O) groups excluding carboxylic acids is 1. The zero-order valence-electron chi connectivity index (χ0n) is 16.6. The molecule has 0 radical (unpaired) electrons. The highest BCUT2D eigenvalue weighted by molar-refractivity contribution is 6.07. The number of rotatable bonds is 6. The number of benzene rings is 3. The monoisotopic (exact) mass is 398 g/mol. The van der Waals surface area contributed by atoms with E-state index >= 15 is 0 Å². The average Bonchev–Trinajstić information content (AvgIpc) is 2.82. The standard InChI is InChI=1S/C25H22N2O3/c1-30-19-13-11-17(12-14-19)23-15-21(20-9-5-6-10-22(20)27-23)25(29)26-16-24(28)18-7-3-2-4-8-18/h2-15,24,28H,16H2,1H3,(H,26,29)/t24-/m1/s1. The second kappa shape index (κ2) is 8.76. The van der Waals surface area contributed by atoms with Crippen LogP contribution in [-0.4, -0.2) is 29.7 Å². The minimum absolute atomic E-state index is 0.122. The summed E-state index contributed by atoms with van der Waals surface area (Å²) in [5, 5.41) is 14.0. The molecule has 1 aromatic heterocycles. The maximum atomic E-state index is 13.0. The number of hydrogen-bond donors (Lipinski definition) is 2. The molecule has 0 saturated carbocycles. The molecule has 0 spiro atoms. The Morgan fingerprint density at radius 2 is 1.70 bits per heavy atom. The van der Waals surface area contributed by atoms with E-state index in [1.54, 1.807) is 13.2 Å². The lowest BCUT2D eigenvalue weighted by atomic mass is 10.0. The van der Waals surface area contributed by atoms with Crippen LogP contribution in [0, 0.1) is 0 Å². The first-order chi connectivity index (χ1) is 14.7. The molecule has 3 aromatic carbocycles.